The number of allylic oxidation sites excluding steroid dienone is 3. The van der Waals surface area contributed by atoms with Crippen LogP contribution in [0.5, 0.6) is 0 Å². The third kappa shape index (κ3) is 12.4. The second-order valence-corrected chi connectivity index (χ2v) is 19.9. The fraction of sp³-hybridized carbons (Fsp3) is 0.837. The zero-order chi connectivity index (χ0) is 48.8. The molecular weight excluding hydrogens is 859 g/mol. The lowest BCUT2D eigenvalue weighted by Gasteiger charge is -2.47. The fourth-order valence-electron chi connectivity index (χ4n) is 10.8. The number of hydrogen-bond donors (Lipinski definition) is 5. The Morgan fingerprint density at radius 1 is 0.848 bits per heavy atom. The molecule has 4 fully saturated rings. The maximum absolute atomic E-state index is 14.5. The van der Waals surface area contributed by atoms with Crippen LogP contribution in [0.15, 0.2) is 23.3 Å². The van der Waals surface area contributed by atoms with Gasteiger partial charge in [-0.15, -0.1) is 0 Å². The Morgan fingerprint density at radius 2 is 1.52 bits per heavy atom. The van der Waals surface area contributed by atoms with Gasteiger partial charge in [0, 0.05) is 52.0 Å². The first-order valence-electron chi connectivity index (χ1n) is 24.1. The molecule has 4 aliphatic heterocycles. The Kier molecular flexibility index (Phi) is 19.5. The molecule has 0 spiro atoms. The number of nitrogens with zero attached hydrogens (tertiary/aromatic N) is 1. The number of amides is 1. The average Bonchev–Trinajstić information content (AvgIpc) is 3.29. The predicted molar refractivity (Wildman–Crippen MR) is 239 cm³/mol. The molecule has 5 rings (SSSR count). The topological polar surface area (TPSA) is 237 Å². The molecule has 0 aromatic carbocycles. The number of ketones is 2. The summed E-state index contributed by atoms with van der Waals surface area (Å²) in [5, 5.41) is 55.1. The molecule has 66 heavy (non-hydrogen) atoms. The molecule has 4 heterocycles. The summed E-state index contributed by atoms with van der Waals surface area (Å²) in [5.74, 6) is -7.99. The Morgan fingerprint density at radius 3 is 2.17 bits per heavy atom. The van der Waals surface area contributed by atoms with E-state index >= 15 is 0 Å². The molecule has 1 saturated carbocycles. The minimum atomic E-state index is -2.54. The summed E-state index contributed by atoms with van der Waals surface area (Å²) < 4.78 is 42.0. The molecule has 0 unspecified atom stereocenters. The van der Waals surface area contributed by atoms with Crippen LogP contribution in [0.4, 0.5) is 0 Å². The number of fused-ring (bicyclic) bond motifs is 3. The van der Waals surface area contributed by atoms with Gasteiger partial charge < -0.3 is 63.6 Å². The van der Waals surface area contributed by atoms with E-state index in [4.69, 9.17) is 33.2 Å². The largest absolute Gasteiger partial charge is 0.456 e. The summed E-state index contributed by atoms with van der Waals surface area (Å²) in [6.07, 6.45) is -3.35. The molecule has 19 atom stereocenters. The number of cyclic esters (lactones) is 1. The van der Waals surface area contributed by atoms with Crippen LogP contribution in [-0.2, 0) is 52.3 Å². The van der Waals surface area contributed by atoms with Gasteiger partial charge >= 0.3 is 5.97 Å². The smallest absolute Gasteiger partial charge is 0.329 e. The summed E-state index contributed by atoms with van der Waals surface area (Å²) in [6.45, 7) is 12.7. The van der Waals surface area contributed by atoms with Crippen molar-refractivity contribution in [3.63, 3.8) is 0 Å². The van der Waals surface area contributed by atoms with E-state index in [9.17, 15) is 44.7 Å². The second kappa shape index (κ2) is 23.8. The molecule has 2 bridgehead atoms. The highest BCUT2D eigenvalue weighted by Gasteiger charge is 2.57. The summed E-state index contributed by atoms with van der Waals surface area (Å²) in [5.41, 5.74) is 1.57. The van der Waals surface area contributed by atoms with Gasteiger partial charge in [-0.1, -0.05) is 45.4 Å². The Labute approximate surface area is 390 Å². The predicted octanol–water partition coefficient (Wildman–Crippen LogP) is 3.32. The monoisotopic (exact) mass is 938 g/mol. The van der Waals surface area contributed by atoms with Crippen LogP contribution >= 0.6 is 0 Å². The van der Waals surface area contributed by atoms with Crippen molar-refractivity contribution in [1.82, 2.24) is 4.90 Å². The maximum Gasteiger partial charge on any atom is 0.329 e. The van der Waals surface area contributed by atoms with E-state index in [0.29, 0.717) is 56.9 Å². The zero-order valence-electron chi connectivity index (χ0n) is 40.7. The number of aliphatic hydroxyl groups is 5. The number of esters is 1. The number of carbonyl (C=O) groups is 4. The van der Waals surface area contributed by atoms with Crippen molar-refractivity contribution in [2.24, 2.45) is 29.6 Å². The number of carbonyl (C=O) groups excluding carboxylic acids is 4. The van der Waals surface area contributed by atoms with Gasteiger partial charge in [-0.3, -0.25) is 14.4 Å². The minimum absolute atomic E-state index is 0.00517. The molecule has 0 aromatic heterocycles. The number of hydrogen-bond acceptors (Lipinski definition) is 16. The number of rotatable bonds is 8. The van der Waals surface area contributed by atoms with Crippen molar-refractivity contribution >= 4 is 23.4 Å². The molecule has 0 aromatic rings. The SMILES string of the molecule is CC[C@@H]1/C=C(\C)C[C@H](C)C[C@H](OC)[C@H]2O[C@@](O)(C(=O)C(=O)N3CCCC[C@H]3C(=O)O[C@H](/C(C)=C/[C@@H]3CC[C@@H](O[C@@H]4O[C@@H](C)[C@H](O)[C@@H](O)[C@H]4O)[C@H](OC)C3)[C@H](C)[C@@H](O)CC1=O)[C@H](C)C[C@@H]2OC. The number of ether oxygens (including phenoxy) is 7. The highest BCUT2D eigenvalue weighted by molar-refractivity contribution is 6.39. The van der Waals surface area contributed by atoms with Crippen LogP contribution in [0, 0.1) is 29.6 Å². The maximum atomic E-state index is 14.5. The molecule has 1 aliphatic carbocycles. The second-order valence-electron chi connectivity index (χ2n) is 19.9. The van der Waals surface area contributed by atoms with E-state index in [1.165, 1.54) is 14.2 Å². The Balaban J connectivity index is 1.47. The van der Waals surface area contributed by atoms with Crippen LogP contribution in [-0.4, -0.2) is 167 Å². The highest BCUT2D eigenvalue weighted by Crippen LogP contribution is 2.40. The molecule has 5 aliphatic rings. The van der Waals surface area contributed by atoms with Crippen LogP contribution < -0.4 is 0 Å². The van der Waals surface area contributed by atoms with Gasteiger partial charge in [0.05, 0.1) is 36.6 Å². The van der Waals surface area contributed by atoms with Crippen molar-refractivity contribution in [1.29, 1.82) is 0 Å². The first kappa shape index (κ1) is 54.3. The van der Waals surface area contributed by atoms with Crippen molar-refractivity contribution in [2.75, 3.05) is 27.9 Å². The summed E-state index contributed by atoms with van der Waals surface area (Å²) in [4.78, 5) is 58.3. The van der Waals surface area contributed by atoms with Crippen molar-refractivity contribution in [3.8, 4) is 0 Å². The first-order valence-corrected chi connectivity index (χ1v) is 24.1. The van der Waals surface area contributed by atoms with Gasteiger partial charge in [-0.05, 0) is 102 Å². The molecule has 1 amide bonds. The van der Waals surface area contributed by atoms with Gasteiger partial charge in [0.25, 0.3) is 11.7 Å². The van der Waals surface area contributed by atoms with E-state index in [1.54, 1.807) is 34.8 Å². The molecule has 5 N–H and O–H groups in total. The van der Waals surface area contributed by atoms with E-state index in [0.717, 1.165) is 10.5 Å². The Bertz CT molecular complexity index is 1720. The van der Waals surface area contributed by atoms with Crippen molar-refractivity contribution in [3.05, 3.63) is 23.3 Å². The van der Waals surface area contributed by atoms with Gasteiger partial charge in [0.1, 0.15) is 42.3 Å². The molecule has 3 saturated heterocycles. The van der Waals surface area contributed by atoms with Gasteiger partial charge in [-0.25, -0.2) is 4.79 Å². The van der Waals surface area contributed by atoms with Crippen LogP contribution in [0.25, 0.3) is 0 Å². The van der Waals surface area contributed by atoms with Crippen LogP contribution in [0.3, 0.4) is 0 Å². The van der Waals surface area contributed by atoms with Crippen LogP contribution in [0.1, 0.15) is 119 Å². The van der Waals surface area contributed by atoms with E-state index in [2.05, 4.69) is 0 Å². The standard InChI is InChI=1S/C49H79NO16/c1-11-32-19-25(2)18-26(3)20-38(61-9)44-39(62-10)22-28(5)49(59,66-44)45(56)46(57)50-17-13-12-14-33(50)47(58)65-43(29(6)34(51)24-35(32)52)27(4)21-31-15-16-36(37(23-31)60-8)64-48-42(55)41(54)40(53)30(7)63-48/h19,21,26,28-34,36-44,48,51,53-55,59H,11-18,20,22-24H2,1-10H3/b25-19+,27-21+/t26-,28+,29+,30-,31-,32+,33-,34-,36+,37+,38-,39-,40-,41+,42+,43+,44+,48-,49+/m0/s1. The lowest BCUT2D eigenvalue weighted by Crippen LogP contribution is -2.64. The fourth-order valence-corrected chi connectivity index (χ4v) is 10.8. The summed E-state index contributed by atoms with van der Waals surface area (Å²) >= 11 is 0. The summed E-state index contributed by atoms with van der Waals surface area (Å²) in [7, 11) is 4.58. The molecule has 17 heteroatoms. The van der Waals surface area contributed by atoms with Crippen molar-refractivity contribution < 1.29 is 77.9 Å². The minimum Gasteiger partial charge on any atom is -0.456 e. The number of Topliss-reactive ketones (excluding diaryl/α,β-unsaturated/α-hetero) is 2. The Hall–Kier alpha value is -2.68. The number of piperidine rings is 1. The van der Waals surface area contributed by atoms with Gasteiger partial charge in [0.2, 0.25) is 5.79 Å². The summed E-state index contributed by atoms with van der Waals surface area (Å²) in [6, 6.07) is -1.19. The van der Waals surface area contributed by atoms with Crippen molar-refractivity contribution in [2.45, 2.75) is 204 Å². The quantitative estimate of drug-likeness (QED) is 0.133. The number of aliphatic hydroxyl groups excluding tert-OH is 4. The highest BCUT2D eigenvalue weighted by atomic mass is 16.7. The van der Waals surface area contributed by atoms with E-state index in [1.807, 2.05) is 32.9 Å². The molecule has 17 nitrogen and oxygen atoms in total. The first-order chi connectivity index (χ1) is 31.2. The normalized spacial score (nSPS) is 44.1. The van der Waals surface area contributed by atoms with Gasteiger partial charge in [0.15, 0.2) is 6.29 Å². The van der Waals surface area contributed by atoms with Crippen LogP contribution in [0.2, 0.25) is 0 Å². The lowest BCUT2D eigenvalue weighted by molar-refractivity contribution is -0.313. The molecule has 0 radical (unpaired) electrons. The van der Waals surface area contributed by atoms with E-state index in [-0.39, 0.29) is 43.4 Å². The van der Waals surface area contributed by atoms with E-state index < -0.39 is 121 Å². The average molecular weight is 938 g/mol. The lowest BCUT2D eigenvalue weighted by atomic mass is 9.81. The zero-order valence-corrected chi connectivity index (χ0v) is 40.7. The third-order valence-electron chi connectivity index (χ3n) is 15.0. The molecular formula is C49H79NO16. The number of methoxy groups -OCH3 is 3. The van der Waals surface area contributed by atoms with Gasteiger partial charge in [-0.2, -0.15) is 0 Å². The third-order valence-corrected chi connectivity index (χ3v) is 15.0. The molecule has 376 valence electrons.